The van der Waals surface area contributed by atoms with E-state index in [1.807, 2.05) is 37.3 Å². The van der Waals surface area contributed by atoms with Gasteiger partial charge in [-0.15, -0.1) is 0 Å². The van der Waals surface area contributed by atoms with E-state index in [-0.39, 0.29) is 36.2 Å². The van der Waals surface area contributed by atoms with E-state index in [1.54, 1.807) is 6.92 Å². The number of nitrogens with zero attached hydrogens (tertiary/aromatic N) is 1. The van der Waals surface area contributed by atoms with Gasteiger partial charge in [-0.3, -0.25) is 9.59 Å². The van der Waals surface area contributed by atoms with Gasteiger partial charge < -0.3 is 9.64 Å². The van der Waals surface area contributed by atoms with Crippen LogP contribution in [0.1, 0.15) is 42.2 Å². The molecule has 0 heterocycles. The monoisotopic (exact) mass is 377 g/mol. The number of amides is 1. The summed E-state index contributed by atoms with van der Waals surface area (Å²) in [5.74, 6) is -1.66. The number of hydrogen-bond donors (Lipinski definition) is 0. The molecule has 0 aliphatic heterocycles. The van der Waals surface area contributed by atoms with Crippen LogP contribution in [0.3, 0.4) is 0 Å². The van der Waals surface area contributed by atoms with Crippen molar-refractivity contribution in [2.75, 3.05) is 13.2 Å². The van der Waals surface area contributed by atoms with E-state index in [9.17, 15) is 14.0 Å². The van der Waals surface area contributed by atoms with Crippen molar-refractivity contribution in [1.29, 1.82) is 0 Å². The second-order valence-corrected chi connectivity index (χ2v) is 6.14. The quantitative estimate of drug-likeness (QED) is 0.660. The van der Waals surface area contributed by atoms with Crippen molar-refractivity contribution in [2.24, 2.45) is 0 Å². The zero-order valence-electron chi connectivity index (χ0n) is 14.7. The van der Waals surface area contributed by atoms with E-state index >= 15 is 0 Å². The van der Waals surface area contributed by atoms with Crippen LogP contribution in [0, 0.1) is 5.82 Å². The molecule has 0 fully saturated rings. The fourth-order valence-corrected chi connectivity index (χ4v) is 2.92. The van der Waals surface area contributed by atoms with Gasteiger partial charge in [0.1, 0.15) is 5.82 Å². The van der Waals surface area contributed by atoms with Crippen molar-refractivity contribution in [2.45, 2.75) is 26.3 Å². The third-order valence-electron chi connectivity index (χ3n) is 4.05. The third-order valence-corrected chi connectivity index (χ3v) is 4.36. The molecule has 2 aromatic rings. The lowest BCUT2D eigenvalue weighted by molar-refractivity contribution is -0.143. The zero-order chi connectivity index (χ0) is 19.1. The summed E-state index contributed by atoms with van der Waals surface area (Å²) in [6.45, 7) is 3.90. The molecule has 0 bridgehead atoms. The molecule has 0 saturated carbocycles. The van der Waals surface area contributed by atoms with Crippen molar-refractivity contribution in [3.8, 4) is 0 Å². The van der Waals surface area contributed by atoms with E-state index < -0.39 is 17.7 Å². The normalized spacial score (nSPS) is 11.7. The Kier molecular flexibility index (Phi) is 7.16. The Morgan fingerprint density at radius 2 is 1.85 bits per heavy atom. The van der Waals surface area contributed by atoms with E-state index in [0.717, 1.165) is 5.56 Å². The van der Waals surface area contributed by atoms with E-state index in [2.05, 4.69) is 0 Å². The molecule has 0 aliphatic carbocycles. The highest BCUT2D eigenvalue weighted by Crippen LogP contribution is 2.27. The maximum atomic E-state index is 14.2. The van der Waals surface area contributed by atoms with Gasteiger partial charge in [-0.05, 0) is 31.5 Å². The van der Waals surface area contributed by atoms with E-state index in [0.29, 0.717) is 0 Å². The number of benzene rings is 2. The van der Waals surface area contributed by atoms with Crippen LogP contribution in [0.25, 0.3) is 0 Å². The lowest BCUT2D eigenvalue weighted by Crippen LogP contribution is -2.36. The fourth-order valence-electron chi connectivity index (χ4n) is 2.67. The first kappa shape index (κ1) is 19.9. The molecule has 0 N–H and O–H groups in total. The van der Waals surface area contributed by atoms with Crippen molar-refractivity contribution >= 4 is 23.5 Å². The van der Waals surface area contributed by atoms with Crippen LogP contribution in [-0.2, 0) is 9.53 Å². The molecular formula is C20H21ClFNO3. The van der Waals surface area contributed by atoms with Crippen LogP contribution in [0.4, 0.5) is 4.39 Å². The van der Waals surface area contributed by atoms with Gasteiger partial charge in [0.2, 0.25) is 0 Å². The zero-order valence-corrected chi connectivity index (χ0v) is 15.5. The fraction of sp³-hybridized carbons (Fsp3) is 0.300. The van der Waals surface area contributed by atoms with Gasteiger partial charge in [0, 0.05) is 6.54 Å². The van der Waals surface area contributed by atoms with Crippen LogP contribution in [0.5, 0.6) is 0 Å². The summed E-state index contributed by atoms with van der Waals surface area (Å²) in [4.78, 5) is 26.2. The lowest BCUT2D eigenvalue weighted by Gasteiger charge is -2.30. The molecular weight excluding hydrogens is 357 g/mol. The molecule has 1 amide bonds. The van der Waals surface area contributed by atoms with Crippen LogP contribution in [0.2, 0.25) is 5.02 Å². The predicted molar refractivity (Wildman–Crippen MR) is 98.6 cm³/mol. The standard InChI is InChI=1S/C20H21ClFNO3/c1-3-26-18(24)12-13-23(14(2)15-8-5-4-6-9-15)20(25)19-16(21)10-7-11-17(19)22/h4-11,14H,3,12-13H2,1-2H3. The first-order chi connectivity index (χ1) is 12.5. The van der Waals surface area contributed by atoms with Crippen molar-refractivity contribution in [3.63, 3.8) is 0 Å². The van der Waals surface area contributed by atoms with Gasteiger partial charge >= 0.3 is 5.97 Å². The number of carbonyl (C=O) groups is 2. The number of rotatable bonds is 7. The summed E-state index contributed by atoms with van der Waals surface area (Å²) >= 11 is 6.05. The van der Waals surface area contributed by atoms with Crippen molar-refractivity contribution in [3.05, 3.63) is 70.5 Å². The minimum atomic E-state index is -0.691. The van der Waals surface area contributed by atoms with E-state index in [1.165, 1.54) is 23.1 Å². The summed E-state index contributed by atoms with van der Waals surface area (Å²) in [6, 6.07) is 13.1. The lowest BCUT2D eigenvalue weighted by atomic mass is 10.0. The molecule has 26 heavy (non-hydrogen) atoms. The molecule has 2 aromatic carbocycles. The van der Waals surface area contributed by atoms with E-state index in [4.69, 9.17) is 16.3 Å². The van der Waals surface area contributed by atoms with Crippen LogP contribution in [-0.4, -0.2) is 29.9 Å². The van der Waals surface area contributed by atoms with Gasteiger partial charge in [-0.25, -0.2) is 4.39 Å². The number of halogens is 2. The second-order valence-electron chi connectivity index (χ2n) is 5.74. The highest BCUT2D eigenvalue weighted by atomic mass is 35.5. The first-order valence-electron chi connectivity index (χ1n) is 8.41. The molecule has 6 heteroatoms. The molecule has 138 valence electrons. The highest BCUT2D eigenvalue weighted by molar-refractivity contribution is 6.33. The number of carbonyl (C=O) groups excluding carboxylic acids is 2. The molecule has 2 rings (SSSR count). The largest absolute Gasteiger partial charge is 0.466 e. The Morgan fingerprint density at radius 3 is 2.46 bits per heavy atom. The van der Waals surface area contributed by atoms with Crippen LogP contribution in [0.15, 0.2) is 48.5 Å². The van der Waals surface area contributed by atoms with Crippen LogP contribution >= 0.6 is 11.6 Å². The van der Waals surface area contributed by atoms with Gasteiger partial charge in [0.25, 0.3) is 5.91 Å². The maximum absolute atomic E-state index is 14.2. The van der Waals surface area contributed by atoms with Gasteiger partial charge in [0.05, 0.1) is 29.7 Å². The topological polar surface area (TPSA) is 46.6 Å². The van der Waals surface area contributed by atoms with Crippen molar-refractivity contribution in [1.82, 2.24) is 4.90 Å². The van der Waals surface area contributed by atoms with Gasteiger partial charge in [-0.2, -0.15) is 0 Å². The SMILES string of the molecule is CCOC(=O)CCN(C(=O)c1c(F)cccc1Cl)C(C)c1ccccc1. The molecule has 0 saturated heterocycles. The maximum Gasteiger partial charge on any atom is 0.307 e. The molecule has 0 spiro atoms. The summed E-state index contributed by atoms with van der Waals surface area (Å²) in [5.41, 5.74) is 0.679. The predicted octanol–water partition coefficient (Wildman–Crippen LogP) is 4.64. The van der Waals surface area contributed by atoms with Gasteiger partial charge in [0.15, 0.2) is 0 Å². The average molecular weight is 378 g/mol. The minimum Gasteiger partial charge on any atom is -0.466 e. The second kappa shape index (κ2) is 9.34. The molecule has 0 aliphatic rings. The highest BCUT2D eigenvalue weighted by Gasteiger charge is 2.27. The van der Waals surface area contributed by atoms with Crippen molar-refractivity contribution < 1.29 is 18.7 Å². The number of ether oxygens (including phenoxy) is 1. The molecule has 4 nitrogen and oxygen atoms in total. The summed E-state index contributed by atoms with van der Waals surface area (Å²) in [7, 11) is 0. The van der Waals surface area contributed by atoms with Gasteiger partial charge in [-0.1, -0.05) is 48.0 Å². The third kappa shape index (κ3) is 4.82. The molecule has 1 atom stereocenters. The smallest absolute Gasteiger partial charge is 0.307 e. The molecule has 0 radical (unpaired) electrons. The number of esters is 1. The molecule has 0 aromatic heterocycles. The summed E-state index contributed by atoms with van der Waals surface area (Å²) in [6.07, 6.45) is 0.0167. The average Bonchev–Trinajstić information content (AvgIpc) is 2.62. The Hall–Kier alpha value is -2.40. The number of hydrogen-bond acceptors (Lipinski definition) is 3. The minimum absolute atomic E-state index is 0.0167. The Balaban J connectivity index is 2.33. The first-order valence-corrected chi connectivity index (χ1v) is 8.79. The Morgan fingerprint density at radius 1 is 1.15 bits per heavy atom. The molecule has 1 unspecified atom stereocenters. The Labute approximate surface area is 157 Å². The summed E-state index contributed by atoms with van der Waals surface area (Å²) < 4.78 is 19.2. The Bertz CT molecular complexity index is 747. The summed E-state index contributed by atoms with van der Waals surface area (Å²) in [5, 5.41) is 0.0383. The van der Waals surface area contributed by atoms with Crippen LogP contribution < -0.4 is 0 Å².